The van der Waals surface area contributed by atoms with E-state index in [1.807, 2.05) is 29.8 Å². The molecule has 5 heterocycles. The fraction of sp³-hybridized carbons (Fsp3) is 0.500. The quantitative estimate of drug-likeness (QED) is 0.607. The van der Waals surface area contributed by atoms with Gasteiger partial charge in [0.25, 0.3) is 0 Å². The van der Waals surface area contributed by atoms with Crippen LogP contribution in [0.1, 0.15) is 52.4 Å². The Morgan fingerprint density at radius 3 is 2.88 bits per heavy atom. The number of likely N-dealkylation sites (tertiary alicyclic amines) is 1. The first-order valence-corrected chi connectivity index (χ1v) is 11.6. The first-order valence-electron chi connectivity index (χ1n) is 11.6. The normalized spacial score (nSPS) is 21.0. The lowest BCUT2D eigenvalue weighted by Gasteiger charge is -2.40. The number of β-amino-alcohol motifs (C(OH)–C–C–N with tert-alkyl or cyclic N) is 1. The largest absolute Gasteiger partial charge is 0.457 e. The number of aromatic nitrogens is 4. The molecule has 2 fully saturated rings. The van der Waals surface area contributed by atoms with Gasteiger partial charge in [-0.05, 0) is 61.9 Å². The van der Waals surface area contributed by atoms with E-state index in [4.69, 9.17) is 4.74 Å². The van der Waals surface area contributed by atoms with Crippen molar-refractivity contribution in [3.05, 3.63) is 53.1 Å². The van der Waals surface area contributed by atoms with Crippen LogP contribution in [0.3, 0.4) is 0 Å². The Balaban J connectivity index is 1.10. The van der Waals surface area contributed by atoms with Crippen LogP contribution in [0.5, 0.6) is 0 Å². The number of esters is 1. The zero-order valence-corrected chi connectivity index (χ0v) is 18.8. The first kappa shape index (κ1) is 20.6. The van der Waals surface area contributed by atoms with Crippen molar-refractivity contribution < 1.29 is 14.6 Å². The van der Waals surface area contributed by atoms with E-state index in [1.54, 1.807) is 12.4 Å². The zero-order chi connectivity index (χ0) is 22.6. The number of carbonyl (C=O) groups is 1. The maximum Gasteiger partial charge on any atom is 0.338 e. The standard InChI is InChI=1S/C24H28N6O3/c1-16-17(2-3-18-19(16)13-33-23(18)32)20(31)12-28-8-4-24(5-9-28)6-10-29(14-24)21-22-27-26-15-30(22)11-7-25-21/h2-3,7,11,15,20,31H,4-6,8-10,12-14H2,1H3/t20-/m0/s1. The fourth-order valence-electron chi connectivity index (χ4n) is 5.77. The van der Waals surface area contributed by atoms with Gasteiger partial charge in [-0.1, -0.05) is 6.07 Å². The lowest BCUT2D eigenvalue weighted by Crippen LogP contribution is -2.43. The van der Waals surface area contributed by atoms with Gasteiger partial charge in [0.05, 0.1) is 11.7 Å². The molecule has 1 atom stereocenters. The van der Waals surface area contributed by atoms with Crippen LogP contribution < -0.4 is 4.90 Å². The SMILES string of the molecule is Cc1c([C@@H](O)CN2CCC3(CC2)CCN(c2nccn4cnnc24)C3)ccc2c1COC2=O. The third-order valence-electron chi connectivity index (χ3n) is 7.85. The predicted molar refractivity (Wildman–Crippen MR) is 121 cm³/mol. The minimum absolute atomic E-state index is 0.267. The average molecular weight is 449 g/mol. The summed E-state index contributed by atoms with van der Waals surface area (Å²) in [6, 6.07) is 3.67. The Hall–Kier alpha value is -3.04. The number of carbonyl (C=O) groups excluding carboxylic acids is 1. The van der Waals surface area contributed by atoms with Crippen LogP contribution in [-0.4, -0.2) is 68.3 Å². The van der Waals surface area contributed by atoms with Crippen molar-refractivity contribution in [3.8, 4) is 0 Å². The molecule has 6 rings (SSSR count). The molecule has 1 N–H and O–H groups in total. The number of piperidine rings is 1. The van der Waals surface area contributed by atoms with Crippen molar-refractivity contribution in [1.29, 1.82) is 0 Å². The van der Waals surface area contributed by atoms with Crippen molar-refractivity contribution in [1.82, 2.24) is 24.5 Å². The summed E-state index contributed by atoms with van der Waals surface area (Å²) in [6.07, 6.45) is 8.19. The highest BCUT2D eigenvalue weighted by Gasteiger charge is 2.41. The molecule has 1 spiro atoms. The second-order valence-corrected chi connectivity index (χ2v) is 9.68. The van der Waals surface area contributed by atoms with Crippen molar-refractivity contribution >= 4 is 17.4 Å². The number of hydrogen-bond donors (Lipinski definition) is 1. The highest BCUT2D eigenvalue weighted by atomic mass is 16.5. The lowest BCUT2D eigenvalue weighted by atomic mass is 9.77. The molecule has 0 unspecified atom stereocenters. The van der Waals surface area contributed by atoms with Crippen LogP contribution >= 0.6 is 0 Å². The second kappa shape index (κ2) is 7.78. The summed E-state index contributed by atoms with van der Waals surface area (Å²) in [4.78, 5) is 21.1. The third-order valence-corrected chi connectivity index (χ3v) is 7.85. The van der Waals surface area contributed by atoms with Crippen LogP contribution in [0.25, 0.3) is 5.65 Å². The summed E-state index contributed by atoms with van der Waals surface area (Å²) in [7, 11) is 0. The van der Waals surface area contributed by atoms with Crippen LogP contribution in [0.2, 0.25) is 0 Å². The van der Waals surface area contributed by atoms with E-state index in [0.717, 1.165) is 73.6 Å². The highest BCUT2D eigenvalue weighted by molar-refractivity contribution is 5.93. The van der Waals surface area contributed by atoms with E-state index in [9.17, 15) is 9.90 Å². The van der Waals surface area contributed by atoms with Gasteiger partial charge in [0.15, 0.2) is 5.82 Å². The summed E-state index contributed by atoms with van der Waals surface area (Å²) in [5.41, 5.74) is 4.51. The molecule has 9 nitrogen and oxygen atoms in total. The van der Waals surface area contributed by atoms with Crippen molar-refractivity contribution in [2.24, 2.45) is 5.41 Å². The molecule has 3 aromatic rings. The van der Waals surface area contributed by atoms with Crippen LogP contribution in [0, 0.1) is 12.3 Å². The van der Waals surface area contributed by atoms with Crippen LogP contribution in [0.15, 0.2) is 30.9 Å². The van der Waals surface area contributed by atoms with Gasteiger partial charge in [0.2, 0.25) is 5.65 Å². The molecule has 0 aliphatic carbocycles. The number of rotatable bonds is 4. The molecule has 0 amide bonds. The van der Waals surface area contributed by atoms with Crippen molar-refractivity contribution in [2.45, 2.75) is 38.9 Å². The minimum atomic E-state index is -0.574. The van der Waals surface area contributed by atoms with E-state index in [2.05, 4.69) is 25.0 Å². The third kappa shape index (κ3) is 3.46. The van der Waals surface area contributed by atoms with Gasteiger partial charge in [-0.25, -0.2) is 9.78 Å². The average Bonchev–Trinajstić information content (AvgIpc) is 3.55. The Bertz CT molecular complexity index is 1220. The van der Waals surface area contributed by atoms with Gasteiger partial charge in [-0.15, -0.1) is 10.2 Å². The number of nitrogens with zero attached hydrogens (tertiary/aromatic N) is 6. The van der Waals surface area contributed by atoms with Gasteiger partial charge in [-0.2, -0.15) is 0 Å². The van der Waals surface area contributed by atoms with Crippen molar-refractivity contribution in [2.75, 3.05) is 37.6 Å². The molecule has 3 aliphatic rings. The van der Waals surface area contributed by atoms with Gasteiger partial charge in [-0.3, -0.25) is 4.40 Å². The molecule has 0 radical (unpaired) electrons. The molecule has 2 aromatic heterocycles. The maximum atomic E-state index is 11.8. The molecule has 0 saturated carbocycles. The molecule has 3 aliphatic heterocycles. The smallest absolute Gasteiger partial charge is 0.338 e. The van der Waals surface area contributed by atoms with Crippen LogP contribution in [-0.2, 0) is 11.3 Å². The molecule has 0 bridgehead atoms. The Labute approximate surface area is 192 Å². The first-order chi connectivity index (χ1) is 16.0. The summed E-state index contributed by atoms with van der Waals surface area (Å²) in [6.45, 7) is 6.80. The van der Waals surface area contributed by atoms with Gasteiger partial charge < -0.3 is 19.6 Å². The predicted octanol–water partition coefficient (Wildman–Crippen LogP) is 2.13. The summed E-state index contributed by atoms with van der Waals surface area (Å²) < 4.78 is 7.07. The Morgan fingerprint density at radius 1 is 1.21 bits per heavy atom. The minimum Gasteiger partial charge on any atom is -0.457 e. The molecule has 172 valence electrons. The summed E-state index contributed by atoms with van der Waals surface area (Å²) >= 11 is 0. The number of aliphatic hydroxyl groups is 1. The monoisotopic (exact) mass is 448 g/mol. The number of ether oxygens (including phenoxy) is 1. The molecular weight excluding hydrogens is 420 g/mol. The fourth-order valence-corrected chi connectivity index (χ4v) is 5.77. The summed E-state index contributed by atoms with van der Waals surface area (Å²) in [5, 5.41) is 19.2. The van der Waals surface area contributed by atoms with E-state index in [0.29, 0.717) is 18.7 Å². The molecule has 1 aromatic carbocycles. The molecule has 9 heteroatoms. The van der Waals surface area contributed by atoms with Gasteiger partial charge in [0.1, 0.15) is 12.9 Å². The lowest BCUT2D eigenvalue weighted by molar-refractivity contribution is 0.0534. The number of benzene rings is 1. The summed E-state index contributed by atoms with van der Waals surface area (Å²) in [5.74, 6) is 0.649. The van der Waals surface area contributed by atoms with Crippen LogP contribution in [0.4, 0.5) is 5.82 Å². The number of hydrogen-bond acceptors (Lipinski definition) is 8. The molecule has 33 heavy (non-hydrogen) atoms. The van der Waals surface area contributed by atoms with Gasteiger partial charge >= 0.3 is 5.97 Å². The van der Waals surface area contributed by atoms with E-state index < -0.39 is 6.10 Å². The van der Waals surface area contributed by atoms with E-state index >= 15 is 0 Å². The topological polar surface area (TPSA) is 96.1 Å². The van der Waals surface area contributed by atoms with Gasteiger partial charge in [0, 0.05) is 37.6 Å². The van der Waals surface area contributed by atoms with Crippen molar-refractivity contribution in [3.63, 3.8) is 0 Å². The second-order valence-electron chi connectivity index (χ2n) is 9.68. The van der Waals surface area contributed by atoms with E-state index in [-0.39, 0.29) is 11.4 Å². The highest BCUT2D eigenvalue weighted by Crippen LogP contribution is 2.42. The Morgan fingerprint density at radius 2 is 2.03 bits per heavy atom. The molecular formula is C24H28N6O3. The van der Waals surface area contributed by atoms with E-state index in [1.165, 1.54) is 0 Å². The molecule has 2 saturated heterocycles. The number of aliphatic hydroxyl groups excluding tert-OH is 1. The maximum absolute atomic E-state index is 11.8. The number of fused-ring (bicyclic) bond motifs is 2. The zero-order valence-electron chi connectivity index (χ0n) is 18.8. The Kier molecular flexibility index (Phi) is 4.84. The number of cyclic esters (lactones) is 1. The number of anilines is 1.